The van der Waals surface area contributed by atoms with Gasteiger partial charge in [0.25, 0.3) is 8.32 Å². The molecule has 1 N–H and O–H groups in total. The number of aliphatic hydroxyl groups is 1. The van der Waals surface area contributed by atoms with Gasteiger partial charge in [-0.05, 0) is 72.3 Å². The maximum atomic E-state index is 13.6. The molecule has 0 aliphatic carbocycles. The molecule has 4 aromatic carbocycles. The third kappa shape index (κ3) is 13.3. The Kier molecular flexibility index (Phi) is 17.2. The van der Waals surface area contributed by atoms with Gasteiger partial charge in [0, 0.05) is 27.2 Å². The minimum absolute atomic E-state index is 0.0645. The fourth-order valence-electron chi connectivity index (χ4n) is 8.01. The van der Waals surface area contributed by atoms with E-state index in [1.54, 1.807) is 19.2 Å². The lowest BCUT2D eigenvalue weighted by Crippen LogP contribution is -2.68. The standard InChI is InChI=1S/C52H68O9Si2/c1-38(61-63(51(2,3)4,43-25-17-13-18-26-43)44-27-19-14-20-28-44)40(34-39-22-15-12-16-23-39)30-31-45(53)49-46(59-52(5,6)60-49)29-21-24-41-35-42(56-8)36-47(58-37-55-7)48(41)50(54)57-32-33-62(9,10)11/h12-28,35-36,38,40,45-46,49,53H,29,32-34,37H2,1-11H3/t38-,40+,45?,46+,49-/m1/s1. The number of methoxy groups -OCH3 is 2. The summed E-state index contributed by atoms with van der Waals surface area (Å²) in [6.45, 7) is 19.5. The first-order valence-corrected chi connectivity index (χ1v) is 27.5. The van der Waals surface area contributed by atoms with Gasteiger partial charge < -0.3 is 38.0 Å². The summed E-state index contributed by atoms with van der Waals surface area (Å²) in [6.07, 6.45) is 1.88. The first-order valence-electron chi connectivity index (χ1n) is 21.9. The molecule has 1 unspecified atom stereocenters. The normalized spacial score (nSPS) is 18.0. The van der Waals surface area contributed by atoms with Gasteiger partial charge >= 0.3 is 5.97 Å². The molecule has 1 aliphatic heterocycles. The van der Waals surface area contributed by atoms with Crippen molar-refractivity contribution in [2.75, 3.05) is 27.6 Å². The molecule has 1 aliphatic rings. The van der Waals surface area contributed by atoms with Crippen LogP contribution in [0.25, 0.3) is 6.08 Å². The quantitative estimate of drug-likeness (QED) is 0.0428. The van der Waals surface area contributed by atoms with E-state index in [9.17, 15) is 9.90 Å². The zero-order valence-corrected chi connectivity index (χ0v) is 41.1. The van der Waals surface area contributed by atoms with Gasteiger partial charge in [0.1, 0.15) is 29.3 Å². The summed E-state index contributed by atoms with van der Waals surface area (Å²) in [4.78, 5) is 13.6. The minimum Gasteiger partial charge on any atom is -0.497 e. The molecule has 5 atom stereocenters. The maximum Gasteiger partial charge on any atom is 0.342 e. The Morgan fingerprint density at radius 3 is 2.05 bits per heavy atom. The number of hydrogen-bond acceptors (Lipinski definition) is 9. The van der Waals surface area contributed by atoms with Crippen LogP contribution in [0.15, 0.2) is 109 Å². The van der Waals surface area contributed by atoms with Crippen molar-refractivity contribution in [3.8, 4) is 23.3 Å². The number of rotatable bonds is 19. The zero-order chi connectivity index (χ0) is 45.8. The summed E-state index contributed by atoms with van der Waals surface area (Å²) >= 11 is 0. The van der Waals surface area contributed by atoms with Gasteiger partial charge in [0.2, 0.25) is 0 Å². The van der Waals surface area contributed by atoms with Gasteiger partial charge in [-0.25, -0.2) is 4.79 Å². The second-order valence-corrected chi connectivity index (χ2v) is 28.8. The van der Waals surface area contributed by atoms with E-state index in [-0.39, 0.29) is 35.2 Å². The summed E-state index contributed by atoms with van der Waals surface area (Å²) in [6, 6.07) is 35.7. The largest absolute Gasteiger partial charge is 0.497 e. The van der Waals surface area contributed by atoms with Gasteiger partial charge in [0.05, 0.1) is 25.9 Å². The number of aliphatic hydroxyl groups excluding tert-OH is 1. The molecular formula is C52H68O9Si2. The van der Waals surface area contributed by atoms with Crippen molar-refractivity contribution in [3.63, 3.8) is 0 Å². The molecule has 1 heterocycles. The fraction of sp³-hybridized carbons (Fsp3) is 0.442. The Morgan fingerprint density at radius 2 is 1.49 bits per heavy atom. The van der Waals surface area contributed by atoms with Crippen molar-refractivity contribution in [2.24, 2.45) is 5.92 Å². The SMILES string of the molecule is COCOc1cc(OC)cc(C=CC[C@@H]2OC(C)(C)O[C@@H]2C(O)C#C[C@@H](Cc2ccccc2)[C@@H](C)O[Si](c2ccccc2)(c2ccccc2)C(C)(C)C)c1C(=O)OCC[Si](C)(C)C. The molecule has 9 nitrogen and oxygen atoms in total. The van der Waals surface area contributed by atoms with Crippen molar-refractivity contribution in [1.82, 2.24) is 0 Å². The van der Waals surface area contributed by atoms with Crippen molar-refractivity contribution in [3.05, 3.63) is 126 Å². The summed E-state index contributed by atoms with van der Waals surface area (Å²) in [5, 5.41) is 14.0. The van der Waals surface area contributed by atoms with Crippen molar-refractivity contribution in [2.45, 2.75) is 115 Å². The van der Waals surface area contributed by atoms with Crippen LogP contribution < -0.4 is 19.8 Å². The van der Waals surface area contributed by atoms with Crippen LogP contribution >= 0.6 is 0 Å². The van der Waals surface area contributed by atoms with Crippen LogP contribution in [-0.2, 0) is 29.8 Å². The molecule has 4 aromatic rings. The minimum atomic E-state index is -2.92. The Labute approximate surface area is 378 Å². The number of carbonyl (C=O) groups excluding carboxylic acids is 1. The highest BCUT2D eigenvalue weighted by molar-refractivity contribution is 6.99. The Morgan fingerprint density at radius 1 is 0.889 bits per heavy atom. The van der Waals surface area contributed by atoms with E-state index in [2.05, 4.69) is 120 Å². The third-order valence-corrected chi connectivity index (χ3v) is 18.1. The number of carbonyl (C=O) groups is 1. The highest BCUT2D eigenvalue weighted by Crippen LogP contribution is 2.39. The molecule has 1 saturated heterocycles. The fourth-order valence-corrected chi connectivity index (χ4v) is 13.5. The van der Waals surface area contributed by atoms with E-state index in [4.69, 9.17) is 32.8 Å². The predicted molar refractivity (Wildman–Crippen MR) is 257 cm³/mol. The third-order valence-electron chi connectivity index (χ3n) is 11.2. The molecule has 11 heteroatoms. The van der Waals surface area contributed by atoms with E-state index in [1.165, 1.54) is 17.5 Å². The molecule has 1 fully saturated rings. The van der Waals surface area contributed by atoms with Crippen LogP contribution in [0.5, 0.6) is 11.5 Å². The highest BCUT2D eigenvalue weighted by atomic mass is 28.4. The number of benzene rings is 4. The lowest BCUT2D eigenvalue weighted by Gasteiger charge is -2.45. The van der Waals surface area contributed by atoms with E-state index in [0.29, 0.717) is 30.8 Å². The second-order valence-electron chi connectivity index (χ2n) is 18.9. The van der Waals surface area contributed by atoms with Gasteiger partial charge in [-0.15, -0.1) is 0 Å². The van der Waals surface area contributed by atoms with E-state index in [1.807, 2.05) is 56.3 Å². The van der Waals surface area contributed by atoms with Gasteiger partial charge in [-0.1, -0.05) is 155 Å². The maximum absolute atomic E-state index is 13.6. The highest BCUT2D eigenvalue weighted by Gasteiger charge is 2.51. The van der Waals surface area contributed by atoms with Gasteiger partial charge in [-0.2, -0.15) is 0 Å². The average molecular weight is 893 g/mol. The molecule has 63 heavy (non-hydrogen) atoms. The summed E-state index contributed by atoms with van der Waals surface area (Å²) < 4.78 is 42.7. The lowest BCUT2D eigenvalue weighted by molar-refractivity contribution is -0.151. The topological polar surface area (TPSA) is 102 Å². The lowest BCUT2D eigenvalue weighted by atomic mass is 9.94. The Balaban J connectivity index is 1.45. The molecule has 0 amide bonds. The van der Waals surface area contributed by atoms with Crippen LogP contribution in [-0.4, -0.2) is 85.3 Å². The van der Waals surface area contributed by atoms with Crippen molar-refractivity contribution < 1.29 is 42.7 Å². The Hall–Kier alpha value is -4.52. The van der Waals surface area contributed by atoms with Crippen molar-refractivity contribution >= 4 is 38.8 Å². The number of esters is 1. The van der Waals surface area contributed by atoms with Crippen LogP contribution in [0, 0.1) is 17.8 Å². The van der Waals surface area contributed by atoms with Crippen LogP contribution in [0.4, 0.5) is 0 Å². The molecule has 5 rings (SSSR count). The molecule has 0 saturated carbocycles. The van der Waals surface area contributed by atoms with E-state index >= 15 is 0 Å². The monoisotopic (exact) mass is 892 g/mol. The van der Waals surface area contributed by atoms with Crippen LogP contribution in [0.2, 0.25) is 30.7 Å². The number of ether oxygens (including phenoxy) is 6. The molecule has 338 valence electrons. The molecule has 0 radical (unpaired) electrons. The predicted octanol–water partition coefficient (Wildman–Crippen LogP) is 9.28. The van der Waals surface area contributed by atoms with Gasteiger partial charge in [-0.3, -0.25) is 0 Å². The summed E-state index contributed by atoms with van der Waals surface area (Å²) in [7, 11) is -1.30. The van der Waals surface area contributed by atoms with Crippen LogP contribution in [0.1, 0.15) is 69.4 Å². The molecule has 0 aromatic heterocycles. The molecule has 0 bridgehead atoms. The van der Waals surface area contributed by atoms with E-state index < -0.39 is 46.5 Å². The Bertz CT molecular complexity index is 2110. The summed E-state index contributed by atoms with van der Waals surface area (Å²) in [5.74, 6) is 5.75. The molecule has 0 spiro atoms. The summed E-state index contributed by atoms with van der Waals surface area (Å²) in [5.41, 5.74) is 1.94. The first kappa shape index (κ1) is 49.5. The molecular weight excluding hydrogens is 825 g/mol. The zero-order valence-electron chi connectivity index (χ0n) is 39.1. The van der Waals surface area contributed by atoms with Crippen LogP contribution in [0.3, 0.4) is 0 Å². The smallest absolute Gasteiger partial charge is 0.342 e. The second kappa shape index (κ2) is 21.9. The van der Waals surface area contributed by atoms with E-state index in [0.717, 1.165) is 11.6 Å². The average Bonchev–Trinajstić information content (AvgIpc) is 3.56. The van der Waals surface area contributed by atoms with Crippen molar-refractivity contribution in [1.29, 1.82) is 0 Å². The number of hydrogen-bond donors (Lipinski definition) is 1. The first-order chi connectivity index (χ1) is 29.9. The van der Waals surface area contributed by atoms with Gasteiger partial charge in [0.15, 0.2) is 12.6 Å².